The second-order valence-corrected chi connectivity index (χ2v) is 5.82. The van der Waals surface area contributed by atoms with Gasteiger partial charge in [0.05, 0.1) is 5.69 Å². The van der Waals surface area contributed by atoms with Crippen LogP contribution in [0.15, 0.2) is 24.3 Å². The molecule has 1 aromatic heterocycles. The van der Waals surface area contributed by atoms with E-state index in [0.717, 1.165) is 42.9 Å². The maximum atomic E-state index is 12.9. The summed E-state index contributed by atoms with van der Waals surface area (Å²) in [6, 6.07) is 6.57. The zero-order valence-corrected chi connectivity index (χ0v) is 12.8. The molecule has 116 valence electrons. The first kappa shape index (κ1) is 14.7. The normalized spacial score (nSPS) is 14.7. The van der Waals surface area contributed by atoms with Crippen molar-refractivity contribution >= 4 is 5.91 Å². The number of carbonyl (C=O) groups excluding carboxylic acids is 1. The number of nitrogens with one attached hydrogen (secondary N) is 1. The van der Waals surface area contributed by atoms with Crippen LogP contribution in [0.5, 0.6) is 0 Å². The van der Waals surface area contributed by atoms with Gasteiger partial charge < -0.3 is 4.90 Å². The molecule has 0 saturated heterocycles. The second kappa shape index (κ2) is 5.88. The van der Waals surface area contributed by atoms with Crippen molar-refractivity contribution in [1.82, 2.24) is 20.0 Å². The zero-order chi connectivity index (χ0) is 15.7. The fourth-order valence-corrected chi connectivity index (χ4v) is 2.75. The summed E-state index contributed by atoms with van der Waals surface area (Å²) in [4.78, 5) is 15.9. The highest BCUT2D eigenvalue weighted by molar-refractivity contribution is 5.93. The standard InChI is InChI=1S/C16H19FN4O/c1-20(2)16(22)15-13-7-8-21(10-14(13)18-19-15)9-11-3-5-12(17)6-4-11/h3-6H,7-10H2,1-2H3,(H,18,19). The van der Waals surface area contributed by atoms with E-state index in [-0.39, 0.29) is 11.7 Å². The average Bonchev–Trinajstić information content (AvgIpc) is 2.91. The molecule has 0 fully saturated rings. The average molecular weight is 302 g/mol. The van der Waals surface area contributed by atoms with Crippen LogP contribution in [-0.4, -0.2) is 46.5 Å². The number of carbonyl (C=O) groups is 1. The number of halogens is 1. The molecule has 0 aliphatic carbocycles. The first-order chi connectivity index (χ1) is 10.5. The Kier molecular flexibility index (Phi) is 3.94. The smallest absolute Gasteiger partial charge is 0.274 e. The fraction of sp³-hybridized carbons (Fsp3) is 0.375. The van der Waals surface area contributed by atoms with E-state index < -0.39 is 0 Å². The van der Waals surface area contributed by atoms with Crippen molar-refractivity contribution in [2.75, 3.05) is 20.6 Å². The molecule has 6 heteroatoms. The van der Waals surface area contributed by atoms with Crippen LogP contribution < -0.4 is 0 Å². The first-order valence-electron chi connectivity index (χ1n) is 7.29. The molecule has 1 aliphatic rings. The van der Waals surface area contributed by atoms with Crippen LogP contribution in [0.1, 0.15) is 27.3 Å². The fourth-order valence-electron chi connectivity index (χ4n) is 2.75. The van der Waals surface area contributed by atoms with E-state index >= 15 is 0 Å². The van der Waals surface area contributed by atoms with E-state index in [1.165, 1.54) is 12.1 Å². The summed E-state index contributed by atoms with van der Waals surface area (Å²) in [5, 5.41) is 7.17. The van der Waals surface area contributed by atoms with E-state index in [1.54, 1.807) is 31.1 Å². The molecule has 0 bridgehead atoms. The zero-order valence-electron chi connectivity index (χ0n) is 12.8. The number of H-pyrrole nitrogens is 1. The molecule has 2 aromatic rings. The molecule has 1 amide bonds. The first-order valence-corrected chi connectivity index (χ1v) is 7.29. The molecular formula is C16H19FN4O. The Labute approximate surface area is 128 Å². The van der Waals surface area contributed by atoms with Gasteiger partial charge in [0.15, 0.2) is 5.69 Å². The number of nitrogens with zero attached hydrogens (tertiary/aromatic N) is 3. The highest BCUT2D eigenvalue weighted by Crippen LogP contribution is 2.22. The molecule has 0 atom stereocenters. The van der Waals surface area contributed by atoms with Crippen LogP contribution in [0.4, 0.5) is 4.39 Å². The number of hydrogen-bond acceptors (Lipinski definition) is 3. The Bertz CT molecular complexity index is 678. The highest BCUT2D eigenvalue weighted by Gasteiger charge is 2.25. The van der Waals surface area contributed by atoms with E-state index in [9.17, 15) is 9.18 Å². The number of rotatable bonds is 3. The third-order valence-electron chi connectivity index (χ3n) is 3.94. The maximum Gasteiger partial charge on any atom is 0.274 e. The monoisotopic (exact) mass is 302 g/mol. The van der Waals surface area contributed by atoms with Crippen molar-refractivity contribution in [2.24, 2.45) is 0 Å². The largest absolute Gasteiger partial charge is 0.343 e. The molecule has 1 aromatic carbocycles. The van der Waals surface area contributed by atoms with Crippen molar-refractivity contribution in [3.63, 3.8) is 0 Å². The van der Waals surface area contributed by atoms with Gasteiger partial charge in [0.1, 0.15) is 5.82 Å². The predicted molar refractivity (Wildman–Crippen MR) is 80.8 cm³/mol. The summed E-state index contributed by atoms with van der Waals surface area (Å²) in [6.07, 6.45) is 0.794. The molecule has 0 spiro atoms. The van der Waals surface area contributed by atoms with Crippen LogP contribution in [0.3, 0.4) is 0 Å². The lowest BCUT2D eigenvalue weighted by atomic mass is 10.0. The summed E-state index contributed by atoms with van der Waals surface area (Å²) in [7, 11) is 3.46. The van der Waals surface area contributed by atoms with E-state index in [1.807, 2.05) is 0 Å². The Balaban J connectivity index is 1.72. The highest BCUT2D eigenvalue weighted by atomic mass is 19.1. The van der Waals surface area contributed by atoms with Gasteiger partial charge in [-0.2, -0.15) is 5.10 Å². The van der Waals surface area contributed by atoms with Gasteiger partial charge in [-0.25, -0.2) is 4.39 Å². The second-order valence-electron chi connectivity index (χ2n) is 5.82. The Morgan fingerprint density at radius 1 is 1.36 bits per heavy atom. The van der Waals surface area contributed by atoms with Crippen LogP contribution in [0.2, 0.25) is 0 Å². The van der Waals surface area contributed by atoms with Crippen LogP contribution in [-0.2, 0) is 19.5 Å². The maximum absolute atomic E-state index is 12.9. The molecule has 2 heterocycles. The van der Waals surface area contributed by atoms with Crippen molar-refractivity contribution in [2.45, 2.75) is 19.5 Å². The number of fused-ring (bicyclic) bond motifs is 1. The summed E-state index contributed by atoms with van der Waals surface area (Å²) in [5.74, 6) is -0.283. The van der Waals surface area contributed by atoms with Crippen LogP contribution in [0, 0.1) is 5.82 Å². The summed E-state index contributed by atoms with van der Waals surface area (Å²) < 4.78 is 12.9. The predicted octanol–water partition coefficient (Wildman–Crippen LogP) is 1.81. The van der Waals surface area contributed by atoms with Gasteiger partial charge in [-0.05, 0) is 24.1 Å². The summed E-state index contributed by atoms with van der Waals surface area (Å²) in [6.45, 7) is 2.34. The molecule has 0 unspecified atom stereocenters. The van der Waals surface area contributed by atoms with Crippen molar-refractivity contribution in [3.05, 3.63) is 52.6 Å². The van der Waals surface area contributed by atoms with Gasteiger partial charge >= 0.3 is 0 Å². The van der Waals surface area contributed by atoms with Crippen molar-refractivity contribution in [1.29, 1.82) is 0 Å². The van der Waals surface area contributed by atoms with Gasteiger partial charge in [-0.15, -0.1) is 0 Å². The molecule has 1 aliphatic heterocycles. The third kappa shape index (κ3) is 2.87. The Morgan fingerprint density at radius 3 is 2.77 bits per heavy atom. The molecule has 0 saturated carbocycles. The summed E-state index contributed by atoms with van der Waals surface area (Å²) >= 11 is 0. The molecule has 3 rings (SSSR count). The number of aromatic amines is 1. The minimum atomic E-state index is -0.218. The Hall–Kier alpha value is -2.21. The quantitative estimate of drug-likeness (QED) is 0.941. The number of hydrogen-bond donors (Lipinski definition) is 1. The van der Waals surface area contributed by atoms with Crippen molar-refractivity contribution in [3.8, 4) is 0 Å². The van der Waals surface area contributed by atoms with Crippen molar-refractivity contribution < 1.29 is 9.18 Å². The van der Waals surface area contributed by atoms with E-state index in [4.69, 9.17) is 0 Å². The lowest BCUT2D eigenvalue weighted by Gasteiger charge is -2.26. The molecule has 1 N–H and O–H groups in total. The topological polar surface area (TPSA) is 52.2 Å². The van der Waals surface area contributed by atoms with Gasteiger partial charge in [0.25, 0.3) is 5.91 Å². The minimum Gasteiger partial charge on any atom is -0.343 e. The minimum absolute atomic E-state index is 0.0653. The van der Waals surface area contributed by atoms with Gasteiger partial charge in [-0.3, -0.25) is 14.8 Å². The van der Waals surface area contributed by atoms with Gasteiger partial charge in [-0.1, -0.05) is 12.1 Å². The van der Waals surface area contributed by atoms with Crippen LogP contribution in [0.25, 0.3) is 0 Å². The molecule has 5 nitrogen and oxygen atoms in total. The summed E-state index contributed by atoms with van der Waals surface area (Å²) in [5.41, 5.74) is 3.63. The molecular weight excluding hydrogens is 283 g/mol. The number of amides is 1. The molecule has 0 radical (unpaired) electrons. The number of aromatic nitrogens is 2. The van der Waals surface area contributed by atoms with E-state index in [0.29, 0.717) is 5.69 Å². The lowest BCUT2D eigenvalue weighted by molar-refractivity contribution is 0.0820. The van der Waals surface area contributed by atoms with Gasteiger partial charge in [0, 0.05) is 39.3 Å². The number of benzene rings is 1. The van der Waals surface area contributed by atoms with Crippen LogP contribution >= 0.6 is 0 Å². The Morgan fingerprint density at radius 2 is 2.09 bits per heavy atom. The van der Waals surface area contributed by atoms with E-state index in [2.05, 4.69) is 15.1 Å². The third-order valence-corrected chi connectivity index (χ3v) is 3.94. The van der Waals surface area contributed by atoms with Gasteiger partial charge in [0.2, 0.25) is 0 Å². The SMILES string of the molecule is CN(C)C(=O)c1n[nH]c2c1CCN(Cc1ccc(F)cc1)C2. The lowest BCUT2D eigenvalue weighted by Crippen LogP contribution is -2.31. The molecule has 22 heavy (non-hydrogen) atoms.